The molecule has 2 rings (SSSR count). The van der Waals surface area contributed by atoms with E-state index in [-0.39, 0.29) is 11.5 Å². The molecule has 112 valence electrons. The monoisotopic (exact) mass is 292 g/mol. The van der Waals surface area contributed by atoms with Crippen molar-refractivity contribution >= 4 is 5.97 Å². The van der Waals surface area contributed by atoms with Crippen molar-refractivity contribution in [1.29, 1.82) is 0 Å². The predicted octanol–water partition coefficient (Wildman–Crippen LogP) is 2.17. The van der Waals surface area contributed by atoms with Crippen molar-refractivity contribution < 1.29 is 28.5 Å². The number of esters is 1. The summed E-state index contributed by atoms with van der Waals surface area (Å²) in [5.41, 5.74) is 0.525. The van der Waals surface area contributed by atoms with Crippen LogP contribution in [-0.4, -0.2) is 32.4 Å². The molecule has 1 aromatic carbocycles. The Balaban J connectivity index is 2.32. The summed E-state index contributed by atoms with van der Waals surface area (Å²) in [7, 11) is 4.30. The second-order valence-electron chi connectivity index (χ2n) is 4.24. The summed E-state index contributed by atoms with van der Waals surface area (Å²) in [4.78, 5) is 11.3. The van der Waals surface area contributed by atoms with Gasteiger partial charge in [0, 0.05) is 6.07 Å². The molecule has 0 bridgehead atoms. The maximum absolute atomic E-state index is 11.3. The van der Waals surface area contributed by atoms with E-state index in [0.717, 1.165) is 0 Å². The third-order valence-corrected chi connectivity index (χ3v) is 2.97. The first-order valence-electron chi connectivity index (χ1n) is 6.18. The molecule has 0 radical (unpaired) electrons. The number of aliphatic hydroxyl groups excluding tert-OH is 1. The molecule has 0 saturated heterocycles. The van der Waals surface area contributed by atoms with E-state index < -0.39 is 12.1 Å². The number of hydrogen-bond donors (Lipinski definition) is 1. The van der Waals surface area contributed by atoms with Gasteiger partial charge in [0.05, 0.1) is 21.3 Å². The van der Waals surface area contributed by atoms with E-state index in [2.05, 4.69) is 4.74 Å². The molecule has 0 saturated carbocycles. The maximum atomic E-state index is 11.3. The molecule has 0 aliphatic heterocycles. The number of carbonyl (C=O) groups excluding carboxylic acids is 1. The summed E-state index contributed by atoms with van der Waals surface area (Å²) in [6.07, 6.45) is -1.05. The molecule has 1 N–H and O–H groups in total. The minimum absolute atomic E-state index is 0.0291. The van der Waals surface area contributed by atoms with Gasteiger partial charge >= 0.3 is 5.97 Å². The Morgan fingerprint density at radius 2 is 1.71 bits per heavy atom. The lowest BCUT2D eigenvalue weighted by atomic mass is 10.1. The first kappa shape index (κ1) is 14.9. The zero-order valence-corrected chi connectivity index (χ0v) is 12.0. The molecule has 6 heteroatoms. The zero-order chi connectivity index (χ0) is 15.4. The van der Waals surface area contributed by atoms with Gasteiger partial charge in [-0.2, -0.15) is 0 Å². The second-order valence-corrected chi connectivity index (χ2v) is 4.24. The summed E-state index contributed by atoms with van der Waals surface area (Å²) >= 11 is 0. The summed E-state index contributed by atoms with van der Waals surface area (Å²) < 4.78 is 20.1. The lowest BCUT2D eigenvalue weighted by Crippen LogP contribution is -2.01. The topological polar surface area (TPSA) is 78.1 Å². The van der Waals surface area contributed by atoms with E-state index in [1.54, 1.807) is 18.2 Å². The summed E-state index contributed by atoms with van der Waals surface area (Å²) in [5, 5.41) is 10.3. The highest BCUT2D eigenvalue weighted by Crippen LogP contribution is 2.30. The van der Waals surface area contributed by atoms with Crippen molar-refractivity contribution in [2.45, 2.75) is 6.10 Å². The van der Waals surface area contributed by atoms with Crippen molar-refractivity contribution in [2.24, 2.45) is 0 Å². The number of furan rings is 1. The fourth-order valence-electron chi connectivity index (χ4n) is 1.86. The van der Waals surface area contributed by atoms with Crippen molar-refractivity contribution in [3.8, 4) is 11.5 Å². The summed E-state index contributed by atoms with van der Waals surface area (Å²) in [6.45, 7) is 0. The Morgan fingerprint density at radius 1 is 1.10 bits per heavy atom. The van der Waals surface area contributed by atoms with Crippen LogP contribution in [0.2, 0.25) is 0 Å². The Labute approximate surface area is 121 Å². The molecule has 0 aliphatic carbocycles. The Hall–Kier alpha value is -2.47. The van der Waals surface area contributed by atoms with E-state index in [0.29, 0.717) is 17.1 Å². The van der Waals surface area contributed by atoms with Gasteiger partial charge in [0.2, 0.25) is 5.76 Å². The molecule has 0 fully saturated rings. The first-order valence-corrected chi connectivity index (χ1v) is 6.18. The van der Waals surface area contributed by atoms with Gasteiger partial charge in [-0.25, -0.2) is 4.79 Å². The van der Waals surface area contributed by atoms with Crippen molar-refractivity contribution in [2.75, 3.05) is 21.3 Å². The molecule has 0 aliphatic rings. The molecule has 0 spiro atoms. The van der Waals surface area contributed by atoms with Crippen molar-refractivity contribution in [1.82, 2.24) is 0 Å². The molecule has 6 nitrogen and oxygen atoms in total. The second kappa shape index (κ2) is 6.32. The minimum Gasteiger partial charge on any atom is -0.497 e. The third-order valence-electron chi connectivity index (χ3n) is 2.97. The maximum Gasteiger partial charge on any atom is 0.373 e. The highest BCUT2D eigenvalue weighted by atomic mass is 16.5. The van der Waals surface area contributed by atoms with Crippen LogP contribution in [-0.2, 0) is 4.74 Å². The van der Waals surface area contributed by atoms with Gasteiger partial charge in [-0.3, -0.25) is 0 Å². The molecule has 21 heavy (non-hydrogen) atoms. The van der Waals surface area contributed by atoms with Gasteiger partial charge in [-0.05, 0) is 29.8 Å². The van der Waals surface area contributed by atoms with Crippen molar-refractivity contribution in [3.05, 3.63) is 47.4 Å². The Bertz CT molecular complexity index is 609. The lowest BCUT2D eigenvalue weighted by molar-refractivity contribution is 0.0558. The lowest BCUT2D eigenvalue weighted by Gasteiger charge is -2.12. The van der Waals surface area contributed by atoms with Gasteiger partial charge in [0.15, 0.2) is 0 Å². The van der Waals surface area contributed by atoms with Crippen LogP contribution in [0, 0.1) is 0 Å². The number of carbonyl (C=O) groups is 1. The molecule has 2 aromatic rings. The average molecular weight is 292 g/mol. The highest BCUT2D eigenvalue weighted by Gasteiger charge is 2.19. The first-order chi connectivity index (χ1) is 10.1. The third kappa shape index (κ3) is 3.17. The van der Waals surface area contributed by atoms with Gasteiger partial charge < -0.3 is 23.7 Å². The summed E-state index contributed by atoms with van der Waals surface area (Å²) in [6, 6.07) is 7.98. The van der Waals surface area contributed by atoms with E-state index in [4.69, 9.17) is 13.9 Å². The molecule has 1 unspecified atom stereocenters. The van der Waals surface area contributed by atoms with Crippen LogP contribution < -0.4 is 9.47 Å². The highest BCUT2D eigenvalue weighted by molar-refractivity contribution is 5.86. The average Bonchev–Trinajstić information content (AvgIpc) is 3.02. The van der Waals surface area contributed by atoms with Gasteiger partial charge in [-0.15, -0.1) is 0 Å². The van der Waals surface area contributed by atoms with Crippen LogP contribution in [0.4, 0.5) is 0 Å². The normalized spacial score (nSPS) is 11.8. The standard InChI is InChI=1S/C15H16O6/c1-18-10-6-9(7-11(8-10)19-2)14(16)12-4-5-13(21-12)15(17)20-3/h4-8,14,16H,1-3H3. The SMILES string of the molecule is COC(=O)c1ccc(C(O)c2cc(OC)cc(OC)c2)o1. The largest absolute Gasteiger partial charge is 0.497 e. The molecule has 0 amide bonds. The van der Waals surface area contributed by atoms with Crippen LogP contribution in [0.5, 0.6) is 11.5 Å². The zero-order valence-electron chi connectivity index (χ0n) is 12.0. The summed E-state index contributed by atoms with van der Waals surface area (Å²) in [5.74, 6) is 0.745. The Kier molecular flexibility index (Phi) is 4.49. The number of methoxy groups -OCH3 is 3. The van der Waals surface area contributed by atoms with E-state index >= 15 is 0 Å². The van der Waals surface area contributed by atoms with Crippen LogP contribution in [0.25, 0.3) is 0 Å². The predicted molar refractivity (Wildman–Crippen MR) is 73.7 cm³/mol. The van der Waals surface area contributed by atoms with Crippen molar-refractivity contribution in [3.63, 3.8) is 0 Å². The number of aliphatic hydroxyl groups is 1. The van der Waals surface area contributed by atoms with Crippen LogP contribution in [0.3, 0.4) is 0 Å². The van der Waals surface area contributed by atoms with E-state index in [9.17, 15) is 9.90 Å². The quantitative estimate of drug-likeness (QED) is 0.851. The van der Waals surface area contributed by atoms with Gasteiger partial charge in [-0.1, -0.05) is 0 Å². The smallest absolute Gasteiger partial charge is 0.373 e. The van der Waals surface area contributed by atoms with Gasteiger partial charge in [0.25, 0.3) is 0 Å². The van der Waals surface area contributed by atoms with Crippen LogP contribution in [0.15, 0.2) is 34.7 Å². The number of benzene rings is 1. The minimum atomic E-state index is -1.05. The fraction of sp³-hybridized carbons (Fsp3) is 0.267. The molecule has 1 aromatic heterocycles. The molecule has 1 atom stereocenters. The number of rotatable bonds is 5. The fourth-order valence-corrected chi connectivity index (χ4v) is 1.86. The molecular weight excluding hydrogens is 276 g/mol. The molecule has 1 heterocycles. The van der Waals surface area contributed by atoms with E-state index in [1.165, 1.54) is 33.5 Å². The molecular formula is C15H16O6. The van der Waals surface area contributed by atoms with Crippen LogP contribution >= 0.6 is 0 Å². The Morgan fingerprint density at radius 3 is 2.24 bits per heavy atom. The van der Waals surface area contributed by atoms with Gasteiger partial charge in [0.1, 0.15) is 23.4 Å². The van der Waals surface area contributed by atoms with Crippen LogP contribution in [0.1, 0.15) is 28.0 Å². The number of hydrogen-bond acceptors (Lipinski definition) is 6. The van der Waals surface area contributed by atoms with E-state index in [1.807, 2.05) is 0 Å². The number of ether oxygens (including phenoxy) is 3.